The van der Waals surface area contributed by atoms with Crippen LogP contribution in [0.2, 0.25) is 0 Å². The SMILES string of the molecule is CCN1CCC(CNc2ccc(C#N)c(F)c2F)C1. The lowest BCUT2D eigenvalue weighted by Crippen LogP contribution is -2.22. The molecule has 3 nitrogen and oxygen atoms in total. The minimum Gasteiger partial charge on any atom is -0.382 e. The summed E-state index contributed by atoms with van der Waals surface area (Å²) in [4.78, 5) is 2.34. The Bertz CT molecular complexity index is 496. The number of anilines is 1. The molecule has 1 saturated heterocycles. The van der Waals surface area contributed by atoms with Crippen molar-refractivity contribution in [1.82, 2.24) is 4.90 Å². The molecule has 0 aromatic heterocycles. The fourth-order valence-corrected chi connectivity index (χ4v) is 2.39. The molecule has 1 fully saturated rings. The molecular weight excluding hydrogens is 248 g/mol. The van der Waals surface area contributed by atoms with Crippen LogP contribution in [-0.4, -0.2) is 31.1 Å². The Labute approximate surface area is 111 Å². The monoisotopic (exact) mass is 265 g/mol. The third-order valence-electron chi connectivity index (χ3n) is 3.60. The topological polar surface area (TPSA) is 39.1 Å². The van der Waals surface area contributed by atoms with E-state index in [1.165, 1.54) is 12.1 Å². The van der Waals surface area contributed by atoms with Crippen molar-refractivity contribution < 1.29 is 8.78 Å². The summed E-state index contributed by atoms with van der Waals surface area (Å²) < 4.78 is 27.1. The third-order valence-corrected chi connectivity index (χ3v) is 3.60. The highest BCUT2D eigenvalue weighted by atomic mass is 19.2. The molecule has 1 heterocycles. The number of rotatable bonds is 4. The van der Waals surface area contributed by atoms with Gasteiger partial charge in [-0.3, -0.25) is 0 Å². The van der Waals surface area contributed by atoms with Crippen LogP contribution in [0, 0.1) is 28.9 Å². The molecule has 1 aromatic carbocycles. The van der Waals surface area contributed by atoms with Crippen LogP contribution in [0.15, 0.2) is 12.1 Å². The standard InChI is InChI=1S/C14H17F2N3/c1-2-19-6-5-10(9-19)8-18-12-4-3-11(7-17)13(15)14(12)16/h3-4,10,18H,2,5-6,8-9H2,1H3. The number of nitriles is 1. The van der Waals surface area contributed by atoms with E-state index in [9.17, 15) is 8.78 Å². The van der Waals surface area contributed by atoms with Crippen LogP contribution in [0.5, 0.6) is 0 Å². The van der Waals surface area contributed by atoms with E-state index in [-0.39, 0.29) is 11.3 Å². The Hall–Kier alpha value is -1.67. The summed E-state index contributed by atoms with van der Waals surface area (Å²) in [5, 5.41) is 11.6. The van der Waals surface area contributed by atoms with Crippen LogP contribution in [-0.2, 0) is 0 Å². The van der Waals surface area contributed by atoms with Crippen molar-refractivity contribution in [2.45, 2.75) is 13.3 Å². The minimum atomic E-state index is -1.07. The summed E-state index contributed by atoms with van der Waals surface area (Å²) in [6, 6.07) is 4.34. The predicted molar refractivity (Wildman–Crippen MR) is 69.8 cm³/mol. The second-order valence-corrected chi connectivity index (χ2v) is 4.83. The minimum absolute atomic E-state index is 0.131. The van der Waals surface area contributed by atoms with Gasteiger partial charge in [0.15, 0.2) is 11.6 Å². The molecule has 1 aliphatic heterocycles. The van der Waals surface area contributed by atoms with Crippen molar-refractivity contribution in [2.75, 3.05) is 31.5 Å². The lowest BCUT2D eigenvalue weighted by molar-refractivity contribution is 0.345. The summed E-state index contributed by atoms with van der Waals surface area (Å²) in [5.41, 5.74) is -0.132. The highest BCUT2D eigenvalue weighted by molar-refractivity contribution is 5.49. The maximum absolute atomic E-state index is 13.7. The lowest BCUT2D eigenvalue weighted by atomic mass is 10.1. The van der Waals surface area contributed by atoms with Gasteiger partial charge in [0.2, 0.25) is 0 Å². The molecule has 2 rings (SSSR count). The number of hydrogen-bond acceptors (Lipinski definition) is 3. The molecule has 102 valence electrons. The number of nitrogens with zero attached hydrogens (tertiary/aromatic N) is 2. The van der Waals surface area contributed by atoms with E-state index in [1.54, 1.807) is 6.07 Å². The summed E-state index contributed by atoms with van der Waals surface area (Å²) in [6.07, 6.45) is 1.07. The van der Waals surface area contributed by atoms with Gasteiger partial charge < -0.3 is 10.2 Å². The number of nitrogens with one attached hydrogen (secondary N) is 1. The van der Waals surface area contributed by atoms with E-state index in [0.29, 0.717) is 12.5 Å². The van der Waals surface area contributed by atoms with Gasteiger partial charge >= 0.3 is 0 Å². The highest BCUT2D eigenvalue weighted by Crippen LogP contribution is 2.22. The van der Waals surface area contributed by atoms with Crippen LogP contribution in [0.4, 0.5) is 14.5 Å². The maximum atomic E-state index is 13.7. The highest BCUT2D eigenvalue weighted by Gasteiger charge is 2.21. The first kappa shape index (κ1) is 13.8. The average molecular weight is 265 g/mol. The van der Waals surface area contributed by atoms with Gasteiger partial charge in [-0.05, 0) is 37.6 Å². The van der Waals surface area contributed by atoms with Crippen LogP contribution >= 0.6 is 0 Å². The molecule has 1 unspecified atom stereocenters. The second kappa shape index (κ2) is 5.98. The average Bonchev–Trinajstić information content (AvgIpc) is 2.88. The molecule has 0 aliphatic carbocycles. The zero-order chi connectivity index (χ0) is 13.8. The summed E-state index contributed by atoms with van der Waals surface area (Å²) >= 11 is 0. The fraction of sp³-hybridized carbons (Fsp3) is 0.500. The Balaban J connectivity index is 1.97. The largest absolute Gasteiger partial charge is 0.382 e. The van der Waals surface area contributed by atoms with Gasteiger partial charge in [0.1, 0.15) is 6.07 Å². The summed E-state index contributed by atoms with van der Waals surface area (Å²) in [7, 11) is 0. The van der Waals surface area contributed by atoms with Gasteiger partial charge in [-0.1, -0.05) is 6.92 Å². The second-order valence-electron chi connectivity index (χ2n) is 4.83. The summed E-state index contributed by atoms with van der Waals surface area (Å²) in [6.45, 7) is 5.82. The lowest BCUT2D eigenvalue weighted by Gasteiger charge is -2.15. The molecule has 0 spiro atoms. The zero-order valence-corrected chi connectivity index (χ0v) is 10.9. The van der Waals surface area contributed by atoms with Crippen LogP contribution in [0.3, 0.4) is 0 Å². The van der Waals surface area contributed by atoms with Gasteiger partial charge in [-0.2, -0.15) is 5.26 Å². The van der Waals surface area contributed by atoms with E-state index in [4.69, 9.17) is 5.26 Å². The number of likely N-dealkylation sites (tertiary alicyclic amines) is 1. The van der Waals surface area contributed by atoms with E-state index >= 15 is 0 Å². The summed E-state index contributed by atoms with van der Waals surface area (Å²) in [5.74, 6) is -1.59. The van der Waals surface area contributed by atoms with Crippen molar-refractivity contribution in [3.63, 3.8) is 0 Å². The van der Waals surface area contributed by atoms with Crippen molar-refractivity contribution in [2.24, 2.45) is 5.92 Å². The smallest absolute Gasteiger partial charge is 0.183 e. The van der Waals surface area contributed by atoms with Crippen LogP contribution < -0.4 is 5.32 Å². The van der Waals surface area contributed by atoms with Crippen molar-refractivity contribution in [3.8, 4) is 6.07 Å². The Morgan fingerprint density at radius 1 is 1.42 bits per heavy atom. The third kappa shape index (κ3) is 3.02. The van der Waals surface area contributed by atoms with Crippen LogP contribution in [0.25, 0.3) is 0 Å². The first-order valence-electron chi connectivity index (χ1n) is 6.50. The zero-order valence-electron chi connectivity index (χ0n) is 10.9. The molecule has 0 bridgehead atoms. The number of halogens is 2. The number of benzene rings is 1. The van der Waals surface area contributed by atoms with E-state index < -0.39 is 11.6 Å². The van der Waals surface area contributed by atoms with E-state index in [2.05, 4.69) is 17.1 Å². The molecule has 1 aliphatic rings. The molecule has 0 radical (unpaired) electrons. The molecule has 1 atom stereocenters. The Kier molecular flexibility index (Phi) is 4.33. The molecule has 0 saturated carbocycles. The predicted octanol–water partition coefficient (Wildman–Crippen LogP) is 2.59. The normalized spacial score (nSPS) is 19.4. The first-order chi connectivity index (χ1) is 9.15. The van der Waals surface area contributed by atoms with Crippen molar-refractivity contribution in [3.05, 3.63) is 29.3 Å². The molecule has 1 N–H and O–H groups in total. The van der Waals surface area contributed by atoms with Crippen molar-refractivity contribution in [1.29, 1.82) is 5.26 Å². The first-order valence-corrected chi connectivity index (χ1v) is 6.50. The van der Waals surface area contributed by atoms with Gasteiger partial charge in [0, 0.05) is 13.1 Å². The Morgan fingerprint density at radius 2 is 2.21 bits per heavy atom. The van der Waals surface area contributed by atoms with Gasteiger partial charge in [-0.15, -0.1) is 0 Å². The number of hydrogen-bond donors (Lipinski definition) is 1. The quantitative estimate of drug-likeness (QED) is 0.909. The molecular formula is C14H17F2N3. The molecule has 1 aromatic rings. The van der Waals surface area contributed by atoms with E-state index in [0.717, 1.165) is 26.1 Å². The maximum Gasteiger partial charge on any atom is 0.183 e. The van der Waals surface area contributed by atoms with Crippen LogP contribution in [0.1, 0.15) is 18.9 Å². The molecule has 5 heteroatoms. The van der Waals surface area contributed by atoms with Gasteiger partial charge in [0.05, 0.1) is 11.3 Å². The van der Waals surface area contributed by atoms with E-state index in [1.807, 2.05) is 0 Å². The fourth-order valence-electron chi connectivity index (χ4n) is 2.39. The van der Waals surface area contributed by atoms with Gasteiger partial charge in [-0.25, -0.2) is 8.78 Å². The Morgan fingerprint density at radius 3 is 2.84 bits per heavy atom. The molecule has 19 heavy (non-hydrogen) atoms. The molecule has 0 amide bonds. The van der Waals surface area contributed by atoms with Crippen molar-refractivity contribution >= 4 is 5.69 Å². The van der Waals surface area contributed by atoms with Gasteiger partial charge in [0.25, 0.3) is 0 Å².